The van der Waals surface area contributed by atoms with E-state index in [2.05, 4.69) is 0 Å². The summed E-state index contributed by atoms with van der Waals surface area (Å²) >= 11 is 6.08. The summed E-state index contributed by atoms with van der Waals surface area (Å²) in [5.41, 5.74) is 0.200. The number of halogens is 1. The molecule has 0 saturated carbocycles. The molecule has 0 saturated heterocycles. The number of ether oxygens (including phenoxy) is 2. The molecule has 1 unspecified atom stereocenters. The molecule has 3 aromatic rings. The first-order valence-corrected chi connectivity index (χ1v) is 10.1. The Morgan fingerprint density at radius 3 is 2.68 bits per heavy atom. The zero-order chi connectivity index (χ0) is 21.6. The third-order valence-electron chi connectivity index (χ3n) is 5.58. The highest BCUT2D eigenvalue weighted by atomic mass is 35.5. The van der Waals surface area contributed by atoms with Crippen molar-refractivity contribution in [2.24, 2.45) is 0 Å². The normalized spacial score (nSPS) is 18.9. The van der Waals surface area contributed by atoms with Gasteiger partial charge >= 0.3 is 0 Å². The number of carbonyl (C=O) groups is 2. The average molecular weight is 436 g/mol. The van der Waals surface area contributed by atoms with E-state index in [1.54, 1.807) is 60.7 Å². The van der Waals surface area contributed by atoms with Gasteiger partial charge in [0.2, 0.25) is 6.79 Å². The zero-order valence-corrected chi connectivity index (χ0v) is 17.1. The van der Waals surface area contributed by atoms with Crippen LogP contribution in [0.5, 0.6) is 11.5 Å². The molecule has 6 nitrogen and oxygen atoms in total. The molecule has 2 heterocycles. The summed E-state index contributed by atoms with van der Waals surface area (Å²) in [6.45, 7) is 0.332. The van der Waals surface area contributed by atoms with Gasteiger partial charge in [-0.25, -0.2) is 0 Å². The summed E-state index contributed by atoms with van der Waals surface area (Å²) in [5, 5.41) is 12.0. The molecule has 0 aliphatic carbocycles. The van der Waals surface area contributed by atoms with E-state index < -0.39 is 11.5 Å². The van der Waals surface area contributed by atoms with Gasteiger partial charge in [0.25, 0.3) is 5.91 Å². The number of nitrogens with zero attached hydrogens (tertiary/aromatic N) is 1. The third kappa shape index (κ3) is 3.34. The molecule has 5 rings (SSSR count). The van der Waals surface area contributed by atoms with Crippen LogP contribution in [0.3, 0.4) is 0 Å². The Balaban J connectivity index is 1.46. The number of para-hydroxylation sites is 1. The summed E-state index contributed by atoms with van der Waals surface area (Å²) in [6.07, 6.45) is -0.380. The fourth-order valence-electron chi connectivity index (χ4n) is 4.06. The smallest absolute Gasteiger partial charge is 0.264 e. The first-order chi connectivity index (χ1) is 15.0. The molecule has 2 aliphatic heterocycles. The Bertz CT molecular complexity index is 1210. The quantitative estimate of drug-likeness (QED) is 0.611. The predicted octanol–water partition coefficient (Wildman–Crippen LogP) is 4.08. The maximum Gasteiger partial charge on any atom is 0.264 e. The standard InChI is InChI=1S/C24H18ClNO5/c25-17-5-3-4-15(10-17)13-26-19-7-2-1-6-18(19)24(29,23(26)28)12-20(27)16-8-9-21-22(11-16)31-14-30-21/h1-11,29H,12-14H2. The van der Waals surface area contributed by atoms with Crippen LogP contribution in [0.25, 0.3) is 0 Å². The second-order valence-electron chi connectivity index (χ2n) is 7.57. The van der Waals surface area contributed by atoms with E-state index >= 15 is 0 Å². The Morgan fingerprint density at radius 2 is 1.84 bits per heavy atom. The van der Waals surface area contributed by atoms with Gasteiger partial charge in [0.15, 0.2) is 22.9 Å². The summed E-state index contributed by atoms with van der Waals surface area (Å²) in [6, 6.07) is 19.0. The number of amides is 1. The van der Waals surface area contributed by atoms with Gasteiger partial charge in [-0.2, -0.15) is 0 Å². The lowest BCUT2D eigenvalue weighted by atomic mass is 9.88. The van der Waals surface area contributed by atoms with Gasteiger partial charge in [-0.15, -0.1) is 0 Å². The number of anilines is 1. The Morgan fingerprint density at radius 1 is 1.03 bits per heavy atom. The van der Waals surface area contributed by atoms with Crippen molar-refractivity contribution in [3.63, 3.8) is 0 Å². The van der Waals surface area contributed by atoms with Crippen LogP contribution in [0.4, 0.5) is 5.69 Å². The van der Waals surface area contributed by atoms with Crippen LogP contribution >= 0.6 is 11.6 Å². The van der Waals surface area contributed by atoms with Crippen molar-refractivity contribution in [3.8, 4) is 11.5 Å². The Hall–Kier alpha value is -3.35. The number of rotatable bonds is 5. The number of Topliss-reactive ketones (excluding diaryl/α,β-unsaturated/α-hetero) is 1. The first-order valence-electron chi connectivity index (χ1n) is 9.77. The number of benzene rings is 3. The third-order valence-corrected chi connectivity index (χ3v) is 5.82. The molecule has 3 aromatic carbocycles. The molecule has 1 amide bonds. The van der Waals surface area contributed by atoms with Crippen molar-refractivity contribution in [1.82, 2.24) is 0 Å². The molecular weight excluding hydrogens is 418 g/mol. The predicted molar refractivity (Wildman–Crippen MR) is 114 cm³/mol. The maximum absolute atomic E-state index is 13.4. The van der Waals surface area contributed by atoms with Crippen molar-refractivity contribution in [3.05, 3.63) is 88.4 Å². The zero-order valence-electron chi connectivity index (χ0n) is 16.4. The van der Waals surface area contributed by atoms with Crippen LogP contribution in [0.15, 0.2) is 66.7 Å². The molecule has 31 heavy (non-hydrogen) atoms. The molecule has 0 fully saturated rings. The van der Waals surface area contributed by atoms with Gasteiger partial charge in [0.1, 0.15) is 0 Å². The molecular formula is C24H18ClNO5. The number of fused-ring (bicyclic) bond motifs is 2. The lowest BCUT2D eigenvalue weighted by Crippen LogP contribution is -2.41. The van der Waals surface area contributed by atoms with Gasteiger partial charge in [-0.05, 0) is 42.0 Å². The van der Waals surface area contributed by atoms with E-state index in [1.165, 1.54) is 4.90 Å². The molecule has 1 N–H and O–H groups in total. The average Bonchev–Trinajstić information content (AvgIpc) is 3.31. The van der Waals surface area contributed by atoms with Crippen LogP contribution in [-0.4, -0.2) is 23.6 Å². The topological polar surface area (TPSA) is 76.1 Å². The second-order valence-corrected chi connectivity index (χ2v) is 8.00. The summed E-state index contributed by atoms with van der Waals surface area (Å²) in [4.78, 5) is 27.9. The van der Waals surface area contributed by atoms with Crippen molar-refractivity contribution < 1.29 is 24.2 Å². The fraction of sp³-hybridized carbons (Fsp3) is 0.167. The van der Waals surface area contributed by atoms with Crippen LogP contribution < -0.4 is 14.4 Å². The lowest BCUT2D eigenvalue weighted by molar-refractivity contribution is -0.136. The lowest BCUT2D eigenvalue weighted by Gasteiger charge is -2.23. The molecule has 0 spiro atoms. The van der Waals surface area contributed by atoms with E-state index in [0.29, 0.717) is 33.3 Å². The van der Waals surface area contributed by atoms with Crippen LogP contribution in [-0.2, 0) is 16.9 Å². The van der Waals surface area contributed by atoms with Gasteiger partial charge in [0, 0.05) is 16.1 Å². The first kappa shape index (κ1) is 19.6. The minimum Gasteiger partial charge on any atom is -0.454 e. The molecule has 7 heteroatoms. The number of hydrogen-bond acceptors (Lipinski definition) is 5. The second kappa shape index (κ2) is 7.41. The minimum absolute atomic E-state index is 0.0985. The monoisotopic (exact) mass is 435 g/mol. The van der Waals surface area contributed by atoms with Gasteiger partial charge in [-0.3, -0.25) is 9.59 Å². The minimum atomic E-state index is -1.96. The Labute approximate surface area is 183 Å². The fourth-order valence-corrected chi connectivity index (χ4v) is 4.27. The molecule has 156 valence electrons. The van der Waals surface area contributed by atoms with Gasteiger partial charge < -0.3 is 19.5 Å². The highest BCUT2D eigenvalue weighted by Crippen LogP contribution is 2.44. The number of aliphatic hydroxyl groups is 1. The van der Waals surface area contributed by atoms with E-state index in [0.717, 1.165) is 5.56 Å². The molecule has 0 bridgehead atoms. The number of ketones is 1. The largest absolute Gasteiger partial charge is 0.454 e. The van der Waals surface area contributed by atoms with E-state index in [1.807, 2.05) is 6.07 Å². The van der Waals surface area contributed by atoms with Gasteiger partial charge in [-0.1, -0.05) is 41.9 Å². The van der Waals surface area contributed by atoms with E-state index in [4.69, 9.17) is 21.1 Å². The summed E-state index contributed by atoms with van der Waals surface area (Å²) in [7, 11) is 0. The Kier molecular flexibility index (Phi) is 4.68. The van der Waals surface area contributed by atoms with Crippen molar-refractivity contribution in [2.75, 3.05) is 11.7 Å². The molecule has 1 atom stereocenters. The van der Waals surface area contributed by atoms with Gasteiger partial charge in [0.05, 0.1) is 18.7 Å². The molecule has 0 aromatic heterocycles. The summed E-state index contributed by atoms with van der Waals surface area (Å²) < 4.78 is 10.6. The van der Waals surface area contributed by atoms with E-state index in [-0.39, 0.29) is 25.5 Å². The van der Waals surface area contributed by atoms with Crippen LogP contribution in [0.2, 0.25) is 5.02 Å². The highest BCUT2D eigenvalue weighted by Gasteiger charge is 2.50. The number of carbonyl (C=O) groups excluding carboxylic acids is 2. The summed E-state index contributed by atoms with van der Waals surface area (Å²) in [5.74, 6) is 0.125. The molecule has 0 radical (unpaired) electrons. The molecule has 2 aliphatic rings. The highest BCUT2D eigenvalue weighted by molar-refractivity contribution is 6.30. The SMILES string of the molecule is O=C(CC1(O)C(=O)N(Cc2cccc(Cl)c2)c2ccccc21)c1ccc2c(c1)OCO2. The van der Waals surface area contributed by atoms with E-state index in [9.17, 15) is 14.7 Å². The van der Waals surface area contributed by atoms with Crippen LogP contribution in [0, 0.1) is 0 Å². The van der Waals surface area contributed by atoms with Crippen molar-refractivity contribution in [2.45, 2.75) is 18.6 Å². The van der Waals surface area contributed by atoms with Crippen molar-refractivity contribution in [1.29, 1.82) is 0 Å². The maximum atomic E-state index is 13.4. The van der Waals surface area contributed by atoms with Crippen molar-refractivity contribution >= 4 is 29.0 Å². The van der Waals surface area contributed by atoms with Crippen LogP contribution in [0.1, 0.15) is 27.9 Å². The number of hydrogen-bond donors (Lipinski definition) is 1.